The van der Waals surface area contributed by atoms with E-state index in [1.165, 1.54) is 0 Å². The van der Waals surface area contributed by atoms with Gasteiger partial charge in [0.05, 0.1) is 5.02 Å². The lowest BCUT2D eigenvalue weighted by Crippen LogP contribution is -1.82. The van der Waals surface area contributed by atoms with Crippen LogP contribution in [-0.2, 0) is 0 Å². The van der Waals surface area contributed by atoms with Crippen molar-refractivity contribution in [3.05, 3.63) is 58.1 Å². The minimum atomic E-state index is 0.465. The van der Waals surface area contributed by atoms with E-state index in [0.717, 1.165) is 16.1 Å². The third-order valence-corrected chi connectivity index (χ3v) is 3.67. The van der Waals surface area contributed by atoms with Crippen molar-refractivity contribution in [3.63, 3.8) is 0 Å². The zero-order valence-corrected chi connectivity index (χ0v) is 11.0. The van der Waals surface area contributed by atoms with Crippen LogP contribution in [0.4, 0.5) is 0 Å². The van der Waals surface area contributed by atoms with Crippen LogP contribution >= 0.6 is 35.0 Å². The van der Waals surface area contributed by atoms with Gasteiger partial charge in [-0.2, -0.15) is 0 Å². The molecule has 2 aromatic rings. The van der Waals surface area contributed by atoms with Crippen LogP contribution in [0.1, 0.15) is 10.4 Å². The maximum Gasteiger partial charge on any atom is 0.151 e. The first-order valence-corrected chi connectivity index (χ1v) is 6.44. The Bertz CT molecular complexity index is 555. The van der Waals surface area contributed by atoms with Crippen LogP contribution in [0.25, 0.3) is 0 Å². The molecule has 86 valence electrons. The van der Waals surface area contributed by atoms with Gasteiger partial charge in [-0.15, -0.1) is 0 Å². The van der Waals surface area contributed by atoms with E-state index in [4.69, 9.17) is 23.2 Å². The summed E-state index contributed by atoms with van der Waals surface area (Å²) in [4.78, 5) is 12.6. The highest BCUT2D eigenvalue weighted by atomic mass is 35.5. The number of benzene rings is 2. The van der Waals surface area contributed by atoms with Crippen molar-refractivity contribution in [3.8, 4) is 0 Å². The lowest BCUT2D eigenvalue weighted by Gasteiger charge is -2.03. The molecule has 0 unspecified atom stereocenters. The second kappa shape index (κ2) is 5.58. The molecule has 0 saturated heterocycles. The van der Waals surface area contributed by atoms with Crippen molar-refractivity contribution >= 4 is 41.2 Å². The zero-order chi connectivity index (χ0) is 12.3. The summed E-state index contributed by atoms with van der Waals surface area (Å²) < 4.78 is 0. The second-order valence-corrected chi connectivity index (χ2v) is 5.35. The number of carbonyl (C=O) groups excluding carboxylic acids is 1. The maximum absolute atomic E-state index is 10.6. The van der Waals surface area contributed by atoms with Crippen LogP contribution in [-0.4, -0.2) is 6.29 Å². The highest BCUT2D eigenvalue weighted by Crippen LogP contribution is 2.31. The number of rotatable bonds is 3. The number of hydrogen-bond acceptors (Lipinski definition) is 2. The Balaban J connectivity index is 2.24. The van der Waals surface area contributed by atoms with Crippen LogP contribution < -0.4 is 0 Å². The van der Waals surface area contributed by atoms with Gasteiger partial charge < -0.3 is 0 Å². The molecule has 0 aliphatic rings. The average molecular weight is 283 g/mol. The molecule has 0 aliphatic carbocycles. The van der Waals surface area contributed by atoms with Crippen LogP contribution in [0.3, 0.4) is 0 Å². The molecule has 0 saturated carbocycles. The van der Waals surface area contributed by atoms with Crippen LogP contribution in [0.15, 0.2) is 52.3 Å². The van der Waals surface area contributed by atoms with E-state index in [-0.39, 0.29) is 0 Å². The van der Waals surface area contributed by atoms with Gasteiger partial charge in [-0.05, 0) is 36.4 Å². The molecule has 0 spiro atoms. The van der Waals surface area contributed by atoms with Gasteiger partial charge in [-0.25, -0.2) is 0 Å². The quantitative estimate of drug-likeness (QED) is 0.741. The molecule has 1 nitrogen and oxygen atoms in total. The predicted octanol–water partition coefficient (Wildman–Crippen LogP) is 4.96. The van der Waals surface area contributed by atoms with Gasteiger partial charge in [0, 0.05) is 20.4 Å². The zero-order valence-electron chi connectivity index (χ0n) is 8.69. The van der Waals surface area contributed by atoms with Crippen molar-refractivity contribution in [1.82, 2.24) is 0 Å². The molecular formula is C13H8Cl2OS. The third kappa shape index (κ3) is 3.25. The van der Waals surface area contributed by atoms with E-state index in [1.54, 1.807) is 23.9 Å². The first-order valence-electron chi connectivity index (χ1n) is 4.87. The fourth-order valence-electron chi connectivity index (χ4n) is 1.33. The Morgan fingerprint density at radius 2 is 1.76 bits per heavy atom. The summed E-state index contributed by atoms with van der Waals surface area (Å²) in [5.74, 6) is 0. The predicted molar refractivity (Wildman–Crippen MR) is 72.4 cm³/mol. The monoisotopic (exact) mass is 282 g/mol. The van der Waals surface area contributed by atoms with Gasteiger partial charge in [-0.3, -0.25) is 4.79 Å². The Kier molecular flexibility index (Phi) is 4.11. The van der Waals surface area contributed by atoms with Gasteiger partial charge in [0.25, 0.3) is 0 Å². The highest BCUT2D eigenvalue weighted by molar-refractivity contribution is 7.99. The number of aldehydes is 1. The molecule has 0 radical (unpaired) electrons. The summed E-state index contributed by atoms with van der Waals surface area (Å²) >= 11 is 13.4. The first kappa shape index (κ1) is 12.5. The van der Waals surface area contributed by atoms with Crippen molar-refractivity contribution in [2.75, 3.05) is 0 Å². The Hall–Kier alpha value is -0.960. The van der Waals surface area contributed by atoms with Gasteiger partial charge >= 0.3 is 0 Å². The fraction of sp³-hybridized carbons (Fsp3) is 0. The van der Waals surface area contributed by atoms with E-state index < -0.39 is 0 Å². The minimum absolute atomic E-state index is 0.465. The van der Waals surface area contributed by atoms with E-state index >= 15 is 0 Å². The fourth-order valence-corrected chi connectivity index (χ4v) is 2.80. The van der Waals surface area contributed by atoms with Crippen molar-refractivity contribution in [2.45, 2.75) is 9.79 Å². The molecule has 0 aromatic heterocycles. The molecule has 0 fully saturated rings. The summed E-state index contributed by atoms with van der Waals surface area (Å²) in [5.41, 5.74) is 0.502. The summed E-state index contributed by atoms with van der Waals surface area (Å²) in [6.45, 7) is 0. The van der Waals surface area contributed by atoms with E-state index in [0.29, 0.717) is 15.6 Å². The second-order valence-electron chi connectivity index (χ2n) is 3.36. The Morgan fingerprint density at radius 3 is 2.41 bits per heavy atom. The van der Waals surface area contributed by atoms with Gasteiger partial charge in [0.1, 0.15) is 0 Å². The average Bonchev–Trinajstić information content (AvgIpc) is 2.29. The van der Waals surface area contributed by atoms with Gasteiger partial charge in [0.2, 0.25) is 0 Å². The SMILES string of the molecule is O=Cc1ccc(Sc2cccc(Cl)c2)cc1Cl. The molecule has 0 N–H and O–H groups in total. The molecular weight excluding hydrogens is 275 g/mol. The number of carbonyl (C=O) groups is 1. The maximum atomic E-state index is 10.6. The van der Waals surface area contributed by atoms with E-state index in [9.17, 15) is 4.79 Å². The molecule has 2 aromatic carbocycles. The normalized spacial score (nSPS) is 10.2. The van der Waals surface area contributed by atoms with Crippen LogP contribution in [0.5, 0.6) is 0 Å². The van der Waals surface area contributed by atoms with E-state index in [2.05, 4.69) is 0 Å². The molecule has 2 rings (SSSR count). The standard InChI is InChI=1S/C13H8Cl2OS/c14-10-2-1-3-11(6-10)17-12-5-4-9(8-16)13(15)7-12/h1-8H. The van der Waals surface area contributed by atoms with Crippen LogP contribution in [0, 0.1) is 0 Å². The Labute approximate surface area is 114 Å². The largest absolute Gasteiger partial charge is 0.298 e. The summed E-state index contributed by atoms with van der Waals surface area (Å²) in [5, 5.41) is 1.16. The molecule has 0 amide bonds. The van der Waals surface area contributed by atoms with E-state index in [1.807, 2.05) is 30.3 Å². The molecule has 0 atom stereocenters. The first-order chi connectivity index (χ1) is 8.19. The van der Waals surface area contributed by atoms with Crippen molar-refractivity contribution in [1.29, 1.82) is 0 Å². The summed E-state index contributed by atoms with van der Waals surface area (Å²) in [7, 11) is 0. The van der Waals surface area contributed by atoms with Crippen molar-refractivity contribution in [2.24, 2.45) is 0 Å². The Morgan fingerprint density at radius 1 is 1.00 bits per heavy atom. The highest BCUT2D eigenvalue weighted by Gasteiger charge is 2.03. The molecule has 4 heteroatoms. The summed E-state index contributed by atoms with van der Waals surface area (Å²) in [6.07, 6.45) is 0.746. The van der Waals surface area contributed by atoms with Gasteiger partial charge in [-0.1, -0.05) is 41.0 Å². The lowest BCUT2D eigenvalue weighted by atomic mass is 10.2. The lowest BCUT2D eigenvalue weighted by molar-refractivity contribution is 0.112. The number of hydrogen-bond donors (Lipinski definition) is 0. The summed E-state index contributed by atoms with van der Waals surface area (Å²) in [6, 6.07) is 12.9. The number of halogens is 2. The third-order valence-electron chi connectivity index (χ3n) is 2.13. The molecule has 17 heavy (non-hydrogen) atoms. The molecule has 0 heterocycles. The molecule has 0 bridgehead atoms. The van der Waals surface area contributed by atoms with Crippen molar-refractivity contribution < 1.29 is 4.79 Å². The topological polar surface area (TPSA) is 17.1 Å². The molecule has 0 aliphatic heterocycles. The smallest absolute Gasteiger partial charge is 0.151 e. The minimum Gasteiger partial charge on any atom is -0.298 e. The van der Waals surface area contributed by atoms with Gasteiger partial charge in [0.15, 0.2) is 6.29 Å². The van der Waals surface area contributed by atoms with Crippen LogP contribution in [0.2, 0.25) is 10.0 Å².